The topological polar surface area (TPSA) is 63.4 Å². The second kappa shape index (κ2) is 7.13. The minimum atomic E-state index is -0.249. The molecule has 0 spiro atoms. The molecule has 4 nitrogen and oxygen atoms in total. The maximum absolute atomic E-state index is 12.1. The van der Waals surface area contributed by atoms with Gasteiger partial charge in [0.15, 0.2) is 0 Å². The summed E-state index contributed by atoms with van der Waals surface area (Å²) in [5.74, 6) is 0.239. The summed E-state index contributed by atoms with van der Waals surface area (Å²) in [6, 6.07) is 7.90. The van der Waals surface area contributed by atoms with Gasteiger partial charge >= 0.3 is 0 Å². The Balaban J connectivity index is 1.78. The molecule has 108 valence electrons. The third-order valence-corrected chi connectivity index (χ3v) is 4.95. The predicted octanol–water partition coefficient (Wildman–Crippen LogP) is 2.27. The number of hydrogen-bond acceptors (Lipinski definition) is 3. The van der Waals surface area contributed by atoms with Gasteiger partial charge in [0.2, 0.25) is 11.8 Å². The largest absolute Gasteiger partial charge is 0.369 e. The maximum atomic E-state index is 12.1. The number of amides is 2. The van der Waals surface area contributed by atoms with Crippen LogP contribution in [-0.2, 0) is 9.59 Å². The van der Waals surface area contributed by atoms with Crippen LogP contribution in [0.3, 0.4) is 0 Å². The fraction of sp³-hybridized carbons (Fsp3) is 0.429. The lowest BCUT2D eigenvalue weighted by Gasteiger charge is -2.30. The molecule has 0 bridgehead atoms. The second-order valence-electron chi connectivity index (χ2n) is 4.80. The Morgan fingerprint density at radius 2 is 1.85 bits per heavy atom. The summed E-state index contributed by atoms with van der Waals surface area (Å²) < 4.78 is 1.03. The summed E-state index contributed by atoms with van der Waals surface area (Å²) in [4.78, 5) is 26.1. The van der Waals surface area contributed by atoms with Crippen molar-refractivity contribution >= 4 is 39.5 Å². The molecule has 1 heterocycles. The molecule has 2 N–H and O–H groups in total. The Kier molecular flexibility index (Phi) is 5.48. The zero-order valence-electron chi connectivity index (χ0n) is 11.0. The van der Waals surface area contributed by atoms with Crippen LogP contribution in [0.15, 0.2) is 33.6 Å². The third kappa shape index (κ3) is 4.24. The van der Waals surface area contributed by atoms with Gasteiger partial charge in [0.25, 0.3) is 0 Å². The van der Waals surface area contributed by atoms with Crippen LogP contribution in [-0.4, -0.2) is 35.6 Å². The van der Waals surface area contributed by atoms with Crippen molar-refractivity contribution < 1.29 is 9.59 Å². The van der Waals surface area contributed by atoms with E-state index in [1.807, 2.05) is 29.2 Å². The van der Waals surface area contributed by atoms with Crippen molar-refractivity contribution in [3.8, 4) is 0 Å². The van der Waals surface area contributed by atoms with Crippen LogP contribution in [0.4, 0.5) is 0 Å². The van der Waals surface area contributed by atoms with Crippen molar-refractivity contribution in [2.24, 2.45) is 11.7 Å². The first kappa shape index (κ1) is 15.4. The summed E-state index contributed by atoms with van der Waals surface area (Å²) in [6.07, 6.45) is 1.37. The Morgan fingerprint density at radius 1 is 1.25 bits per heavy atom. The van der Waals surface area contributed by atoms with E-state index < -0.39 is 0 Å². The molecule has 1 aromatic rings. The molecule has 6 heteroatoms. The lowest BCUT2D eigenvalue weighted by Crippen LogP contribution is -2.42. The van der Waals surface area contributed by atoms with Gasteiger partial charge in [-0.3, -0.25) is 9.59 Å². The van der Waals surface area contributed by atoms with Crippen molar-refractivity contribution in [1.29, 1.82) is 0 Å². The van der Waals surface area contributed by atoms with Crippen LogP contribution < -0.4 is 5.73 Å². The Morgan fingerprint density at radius 3 is 2.40 bits per heavy atom. The summed E-state index contributed by atoms with van der Waals surface area (Å²) in [7, 11) is 0. The van der Waals surface area contributed by atoms with E-state index >= 15 is 0 Å². The highest BCUT2D eigenvalue weighted by Gasteiger charge is 2.25. The number of thioether (sulfide) groups is 1. The molecule has 1 aliphatic heterocycles. The summed E-state index contributed by atoms with van der Waals surface area (Å²) in [5.41, 5.74) is 5.29. The minimum absolute atomic E-state index is 0.0711. The van der Waals surface area contributed by atoms with Gasteiger partial charge in [0.05, 0.1) is 5.75 Å². The van der Waals surface area contributed by atoms with E-state index in [0.29, 0.717) is 31.7 Å². The molecular formula is C14H17BrN2O2S. The predicted molar refractivity (Wildman–Crippen MR) is 83.4 cm³/mol. The van der Waals surface area contributed by atoms with Crippen LogP contribution in [0, 0.1) is 5.92 Å². The third-order valence-electron chi connectivity index (χ3n) is 3.43. The van der Waals surface area contributed by atoms with Crippen molar-refractivity contribution in [1.82, 2.24) is 4.90 Å². The molecule has 2 rings (SSSR count). The van der Waals surface area contributed by atoms with Crippen molar-refractivity contribution in [2.45, 2.75) is 17.7 Å². The number of primary amides is 1. The summed E-state index contributed by atoms with van der Waals surface area (Å²) in [5, 5.41) is 0. The van der Waals surface area contributed by atoms with Crippen molar-refractivity contribution in [2.75, 3.05) is 18.8 Å². The van der Waals surface area contributed by atoms with Gasteiger partial charge in [-0.05, 0) is 37.1 Å². The smallest absolute Gasteiger partial charge is 0.232 e. The monoisotopic (exact) mass is 356 g/mol. The second-order valence-corrected chi connectivity index (χ2v) is 6.76. The highest BCUT2D eigenvalue weighted by atomic mass is 79.9. The standard InChI is InChI=1S/C14H17BrN2O2S/c15-11-1-3-12(4-2-11)20-9-13(18)17-7-5-10(6-8-17)14(16)19/h1-4,10H,5-9H2,(H2,16,19). The number of benzene rings is 1. The molecule has 20 heavy (non-hydrogen) atoms. The molecule has 1 saturated heterocycles. The number of carbonyl (C=O) groups excluding carboxylic acids is 2. The van der Waals surface area contributed by atoms with E-state index in [2.05, 4.69) is 15.9 Å². The van der Waals surface area contributed by atoms with E-state index in [9.17, 15) is 9.59 Å². The van der Waals surface area contributed by atoms with Gasteiger partial charge in [0.1, 0.15) is 0 Å². The number of halogens is 1. The molecule has 0 atom stereocenters. The van der Waals surface area contributed by atoms with Gasteiger partial charge < -0.3 is 10.6 Å². The van der Waals surface area contributed by atoms with Crippen LogP contribution >= 0.6 is 27.7 Å². The number of piperidine rings is 1. The molecular weight excluding hydrogens is 340 g/mol. The molecule has 0 saturated carbocycles. The van der Waals surface area contributed by atoms with Crippen LogP contribution in [0.1, 0.15) is 12.8 Å². The summed E-state index contributed by atoms with van der Waals surface area (Å²) >= 11 is 4.92. The highest BCUT2D eigenvalue weighted by molar-refractivity contribution is 9.10. The normalized spacial score (nSPS) is 16.1. The SMILES string of the molecule is NC(=O)C1CCN(C(=O)CSc2ccc(Br)cc2)CC1. The number of nitrogens with zero attached hydrogens (tertiary/aromatic N) is 1. The van der Waals surface area contributed by atoms with Gasteiger partial charge in [-0.25, -0.2) is 0 Å². The van der Waals surface area contributed by atoms with E-state index in [1.54, 1.807) is 0 Å². The lowest BCUT2D eigenvalue weighted by atomic mass is 9.96. The van der Waals surface area contributed by atoms with Gasteiger partial charge in [0, 0.05) is 28.4 Å². The molecule has 0 unspecified atom stereocenters. The number of carbonyl (C=O) groups is 2. The molecule has 1 fully saturated rings. The highest BCUT2D eigenvalue weighted by Crippen LogP contribution is 2.22. The molecule has 1 aliphatic rings. The van der Waals surface area contributed by atoms with Crippen molar-refractivity contribution in [3.63, 3.8) is 0 Å². The average Bonchev–Trinajstić information content (AvgIpc) is 2.46. The van der Waals surface area contributed by atoms with Crippen molar-refractivity contribution in [3.05, 3.63) is 28.7 Å². The van der Waals surface area contributed by atoms with E-state index in [1.165, 1.54) is 11.8 Å². The van der Waals surface area contributed by atoms with E-state index in [0.717, 1.165) is 9.37 Å². The number of rotatable bonds is 4. The van der Waals surface area contributed by atoms with Gasteiger partial charge in [-0.15, -0.1) is 11.8 Å². The number of nitrogens with two attached hydrogens (primary N) is 1. The van der Waals surface area contributed by atoms with Crippen LogP contribution in [0.25, 0.3) is 0 Å². The Hall–Kier alpha value is -1.01. The average molecular weight is 357 g/mol. The first-order valence-corrected chi connectivity index (χ1v) is 8.29. The quantitative estimate of drug-likeness (QED) is 0.841. The molecule has 0 aliphatic carbocycles. The fourth-order valence-electron chi connectivity index (χ4n) is 2.18. The zero-order valence-corrected chi connectivity index (χ0v) is 13.5. The molecule has 0 aromatic heterocycles. The van der Waals surface area contributed by atoms with Crippen LogP contribution in [0.2, 0.25) is 0 Å². The minimum Gasteiger partial charge on any atom is -0.369 e. The zero-order chi connectivity index (χ0) is 14.5. The number of likely N-dealkylation sites (tertiary alicyclic amines) is 1. The van der Waals surface area contributed by atoms with Gasteiger partial charge in [-0.1, -0.05) is 15.9 Å². The molecule has 2 amide bonds. The van der Waals surface area contributed by atoms with Gasteiger partial charge in [-0.2, -0.15) is 0 Å². The first-order chi connectivity index (χ1) is 9.56. The first-order valence-electron chi connectivity index (χ1n) is 6.51. The Labute approximate surface area is 131 Å². The molecule has 1 aromatic carbocycles. The summed E-state index contributed by atoms with van der Waals surface area (Å²) in [6.45, 7) is 1.26. The van der Waals surface area contributed by atoms with Crippen LogP contribution in [0.5, 0.6) is 0 Å². The lowest BCUT2D eigenvalue weighted by molar-refractivity contribution is -0.132. The maximum Gasteiger partial charge on any atom is 0.232 e. The van der Waals surface area contributed by atoms with E-state index in [-0.39, 0.29) is 17.7 Å². The Bertz CT molecular complexity index is 484. The molecule has 0 radical (unpaired) electrons. The number of hydrogen-bond donors (Lipinski definition) is 1. The fourth-order valence-corrected chi connectivity index (χ4v) is 3.25. The van der Waals surface area contributed by atoms with E-state index in [4.69, 9.17) is 5.73 Å².